The molecule has 25 heavy (non-hydrogen) atoms. The van der Waals surface area contributed by atoms with E-state index in [1.807, 2.05) is 0 Å². The first kappa shape index (κ1) is 18.2. The lowest BCUT2D eigenvalue weighted by molar-refractivity contribution is -1.02. The molecule has 1 aliphatic heterocycles. The summed E-state index contributed by atoms with van der Waals surface area (Å²) in [5, 5.41) is 3.12. The molecule has 1 heterocycles. The van der Waals surface area contributed by atoms with Crippen molar-refractivity contribution in [3.05, 3.63) is 47.5 Å². The van der Waals surface area contributed by atoms with Gasteiger partial charge in [0.25, 0.3) is 5.91 Å². The van der Waals surface area contributed by atoms with Crippen LogP contribution in [0.15, 0.2) is 42.0 Å². The third kappa shape index (κ3) is 6.29. The zero-order valence-corrected chi connectivity index (χ0v) is 15.4. The van der Waals surface area contributed by atoms with E-state index in [2.05, 4.69) is 41.7 Å². The third-order valence-corrected chi connectivity index (χ3v) is 5.53. The zero-order chi connectivity index (χ0) is 17.3. The van der Waals surface area contributed by atoms with E-state index < -0.39 is 0 Å². The van der Waals surface area contributed by atoms with Gasteiger partial charge in [-0.15, -0.1) is 0 Å². The van der Waals surface area contributed by atoms with E-state index in [0.29, 0.717) is 6.54 Å². The number of quaternary nitrogens is 2. The SMILES string of the molecule is O=C(C[NH+]1CC[NH+](Cc2ccccc2)CC1)NCCC1=CCCCC1. The van der Waals surface area contributed by atoms with Crippen molar-refractivity contribution < 1.29 is 14.6 Å². The van der Waals surface area contributed by atoms with Gasteiger partial charge in [0.15, 0.2) is 6.54 Å². The van der Waals surface area contributed by atoms with Crippen LogP contribution in [0.5, 0.6) is 0 Å². The molecule has 4 nitrogen and oxygen atoms in total. The summed E-state index contributed by atoms with van der Waals surface area (Å²) in [6.45, 7) is 7.06. The maximum Gasteiger partial charge on any atom is 0.275 e. The van der Waals surface area contributed by atoms with E-state index in [9.17, 15) is 4.79 Å². The number of hydrogen-bond donors (Lipinski definition) is 3. The van der Waals surface area contributed by atoms with E-state index >= 15 is 0 Å². The van der Waals surface area contributed by atoms with Crippen molar-refractivity contribution in [3.8, 4) is 0 Å². The van der Waals surface area contributed by atoms with Gasteiger partial charge in [-0.25, -0.2) is 0 Å². The summed E-state index contributed by atoms with van der Waals surface area (Å²) in [4.78, 5) is 15.2. The quantitative estimate of drug-likeness (QED) is 0.598. The lowest BCUT2D eigenvalue weighted by Gasteiger charge is -2.29. The monoisotopic (exact) mass is 343 g/mol. The van der Waals surface area contributed by atoms with Gasteiger partial charge in [0.2, 0.25) is 0 Å². The Bertz CT molecular complexity index is 562. The Morgan fingerprint density at radius 2 is 1.76 bits per heavy atom. The van der Waals surface area contributed by atoms with Crippen LogP contribution in [0, 0.1) is 0 Å². The van der Waals surface area contributed by atoms with Crippen molar-refractivity contribution in [2.45, 2.75) is 38.6 Å². The Morgan fingerprint density at radius 3 is 2.48 bits per heavy atom. The molecule has 1 aromatic carbocycles. The molecule has 1 amide bonds. The van der Waals surface area contributed by atoms with Crippen molar-refractivity contribution in [2.24, 2.45) is 0 Å². The average molecular weight is 344 g/mol. The Hall–Kier alpha value is -1.65. The van der Waals surface area contributed by atoms with Gasteiger partial charge in [0.05, 0.1) is 0 Å². The minimum absolute atomic E-state index is 0.220. The number of carbonyl (C=O) groups is 1. The van der Waals surface area contributed by atoms with E-state index in [1.165, 1.54) is 41.7 Å². The summed E-state index contributed by atoms with van der Waals surface area (Å²) in [5.74, 6) is 0.220. The Labute approximate surface area is 151 Å². The normalized spacial score (nSPS) is 23.8. The molecule has 0 saturated carbocycles. The fraction of sp³-hybridized carbons (Fsp3) is 0.571. The Kier molecular flexibility index (Phi) is 7.07. The molecule has 1 fully saturated rings. The first-order valence-electron chi connectivity index (χ1n) is 9.95. The first-order valence-corrected chi connectivity index (χ1v) is 9.95. The molecule has 136 valence electrons. The highest BCUT2D eigenvalue weighted by molar-refractivity contribution is 5.76. The predicted molar refractivity (Wildman–Crippen MR) is 101 cm³/mol. The minimum atomic E-state index is 0.220. The molecule has 4 heteroatoms. The smallest absolute Gasteiger partial charge is 0.275 e. The molecular formula is C21H33N3O+2. The molecule has 3 rings (SSSR count). The number of piperazine rings is 1. The van der Waals surface area contributed by atoms with Crippen LogP contribution >= 0.6 is 0 Å². The summed E-state index contributed by atoms with van der Waals surface area (Å²) in [6.07, 6.45) is 8.51. The topological polar surface area (TPSA) is 38.0 Å². The number of carbonyl (C=O) groups excluding carboxylic acids is 1. The number of rotatable bonds is 7. The summed E-state index contributed by atoms with van der Waals surface area (Å²) in [5.41, 5.74) is 2.95. The van der Waals surface area contributed by atoms with Crippen molar-refractivity contribution >= 4 is 5.91 Å². The molecule has 0 radical (unpaired) electrons. The van der Waals surface area contributed by atoms with Crippen LogP contribution < -0.4 is 15.1 Å². The highest BCUT2D eigenvalue weighted by atomic mass is 16.2. The van der Waals surface area contributed by atoms with Crippen LogP contribution in [0.3, 0.4) is 0 Å². The molecule has 1 saturated heterocycles. The predicted octanol–water partition coefficient (Wildman–Crippen LogP) is -0.0233. The van der Waals surface area contributed by atoms with Gasteiger partial charge in [0.1, 0.15) is 32.7 Å². The second-order valence-electron chi connectivity index (χ2n) is 7.55. The second-order valence-corrected chi connectivity index (χ2v) is 7.55. The van der Waals surface area contributed by atoms with Gasteiger partial charge in [-0.05, 0) is 32.1 Å². The highest BCUT2D eigenvalue weighted by Gasteiger charge is 2.24. The van der Waals surface area contributed by atoms with E-state index in [4.69, 9.17) is 0 Å². The van der Waals surface area contributed by atoms with Crippen molar-refractivity contribution in [1.82, 2.24) is 5.32 Å². The molecule has 0 bridgehead atoms. The third-order valence-electron chi connectivity index (χ3n) is 5.53. The number of benzene rings is 1. The van der Waals surface area contributed by atoms with Crippen LogP contribution in [0.1, 0.15) is 37.7 Å². The lowest BCUT2D eigenvalue weighted by atomic mass is 9.97. The first-order chi connectivity index (χ1) is 12.3. The van der Waals surface area contributed by atoms with Gasteiger partial charge in [-0.2, -0.15) is 0 Å². The molecule has 0 aromatic heterocycles. The standard InChI is InChI=1S/C21H31N3O/c25-21(22-12-11-19-7-3-1-4-8-19)18-24-15-13-23(14-16-24)17-20-9-5-2-6-10-20/h2,5-7,9-10H,1,3-4,8,11-18H2,(H,22,25)/p+2. The largest absolute Gasteiger partial charge is 0.351 e. The summed E-state index contributed by atoms with van der Waals surface area (Å²) in [7, 11) is 0. The van der Waals surface area contributed by atoms with Crippen molar-refractivity contribution in [2.75, 3.05) is 39.3 Å². The van der Waals surface area contributed by atoms with Crippen LogP contribution in [0.2, 0.25) is 0 Å². The van der Waals surface area contributed by atoms with Crippen molar-refractivity contribution in [1.29, 1.82) is 0 Å². The Morgan fingerprint density at radius 1 is 1.00 bits per heavy atom. The molecule has 2 aliphatic rings. The highest BCUT2D eigenvalue weighted by Crippen LogP contribution is 2.19. The number of nitrogens with one attached hydrogen (secondary N) is 3. The lowest BCUT2D eigenvalue weighted by Crippen LogP contribution is -3.28. The maximum absolute atomic E-state index is 12.2. The van der Waals surface area contributed by atoms with Gasteiger partial charge in [-0.3, -0.25) is 4.79 Å². The molecule has 0 atom stereocenters. The number of allylic oxidation sites excluding steroid dienone is 1. The van der Waals surface area contributed by atoms with E-state index in [0.717, 1.165) is 45.7 Å². The van der Waals surface area contributed by atoms with Gasteiger partial charge >= 0.3 is 0 Å². The number of amides is 1. The van der Waals surface area contributed by atoms with Crippen LogP contribution in [-0.2, 0) is 11.3 Å². The van der Waals surface area contributed by atoms with E-state index in [-0.39, 0.29) is 5.91 Å². The molecule has 1 aliphatic carbocycles. The molecule has 3 N–H and O–H groups in total. The van der Waals surface area contributed by atoms with Crippen LogP contribution in [-0.4, -0.2) is 45.2 Å². The Balaban J connectivity index is 1.30. The zero-order valence-electron chi connectivity index (χ0n) is 15.4. The van der Waals surface area contributed by atoms with Gasteiger partial charge in [0, 0.05) is 12.1 Å². The average Bonchev–Trinajstić information content (AvgIpc) is 2.65. The number of hydrogen-bond acceptors (Lipinski definition) is 1. The summed E-state index contributed by atoms with van der Waals surface area (Å²) in [6, 6.07) is 10.7. The van der Waals surface area contributed by atoms with Crippen molar-refractivity contribution in [3.63, 3.8) is 0 Å². The van der Waals surface area contributed by atoms with E-state index in [1.54, 1.807) is 4.90 Å². The molecule has 0 spiro atoms. The fourth-order valence-electron chi connectivity index (χ4n) is 3.98. The molecule has 1 aromatic rings. The maximum atomic E-state index is 12.2. The minimum Gasteiger partial charge on any atom is -0.351 e. The van der Waals surface area contributed by atoms with Crippen LogP contribution in [0.25, 0.3) is 0 Å². The summed E-state index contributed by atoms with van der Waals surface area (Å²) >= 11 is 0. The second kappa shape index (κ2) is 9.73. The molecular weight excluding hydrogens is 310 g/mol. The van der Waals surface area contributed by atoms with Crippen LogP contribution in [0.4, 0.5) is 0 Å². The van der Waals surface area contributed by atoms with Gasteiger partial charge < -0.3 is 15.1 Å². The fourth-order valence-corrected chi connectivity index (χ4v) is 3.98. The molecule has 0 unspecified atom stereocenters. The summed E-state index contributed by atoms with van der Waals surface area (Å²) < 4.78 is 0. The van der Waals surface area contributed by atoms with Gasteiger partial charge in [-0.1, -0.05) is 42.0 Å².